The van der Waals surface area contributed by atoms with Gasteiger partial charge in [-0.2, -0.15) is 0 Å². The topological polar surface area (TPSA) is 54.5 Å². The second kappa shape index (κ2) is 6.92. The maximum atomic E-state index is 14.0. The van der Waals surface area contributed by atoms with Gasteiger partial charge in [-0.05, 0) is 51.0 Å². The third-order valence-electron chi connectivity index (χ3n) is 5.35. The van der Waals surface area contributed by atoms with E-state index in [4.69, 9.17) is 4.74 Å². The van der Waals surface area contributed by atoms with E-state index in [-0.39, 0.29) is 16.8 Å². The fourth-order valence-electron chi connectivity index (χ4n) is 3.66. The van der Waals surface area contributed by atoms with Crippen molar-refractivity contribution in [2.45, 2.75) is 19.3 Å². The number of thiazole rings is 1. The van der Waals surface area contributed by atoms with Crippen LogP contribution in [-0.4, -0.2) is 42.2 Å². The van der Waals surface area contributed by atoms with Crippen LogP contribution in [-0.2, 0) is 4.74 Å². The fourth-order valence-corrected chi connectivity index (χ4v) is 4.44. The molecule has 2 aromatic rings. The Bertz CT molecular complexity index is 805. The molecule has 0 spiro atoms. The molecule has 138 valence electrons. The predicted octanol–water partition coefficient (Wildman–Crippen LogP) is 4.12. The number of rotatable bonds is 4. The van der Waals surface area contributed by atoms with Crippen LogP contribution in [0.25, 0.3) is 10.4 Å². The van der Waals surface area contributed by atoms with Gasteiger partial charge in [0.05, 0.1) is 17.0 Å². The second-order valence-corrected chi connectivity index (χ2v) is 7.80. The highest BCUT2D eigenvalue weighted by Crippen LogP contribution is 2.40. The largest absolute Gasteiger partial charge is 0.449 e. The summed E-state index contributed by atoms with van der Waals surface area (Å²) in [5, 5.41) is 2.59. The molecule has 3 saturated heterocycles. The molecule has 3 aliphatic heterocycles. The fraction of sp³-hybridized carbons (Fsp3) is 0.444. The van der Waals surface area contributed by atoms with Gasteiger partial charge in [0.25, 0.3) is 0 Å². The van der Waals surface area contributed by atoms with Crippen molar-refractivity contribution in [2.24, 2.45) is 5.41 Å². The SMILES string of the molecule is O=C(Nc1ncsc1-c1ccc(F)cc1F)OCC12CCN(CC1)CC2. The van der Waals surface area contributed by atoms with Gasteiger partial charge in [0.2, 0.25) is 0 Å². The van der Waals surface area contributed by atoms with E-state index < -0.39 is 17.7 Å². The van der Waals surface area contributed by atoms with E-state index in [2.05, 4.69) is 15.2 Å². The van der Waals surface area contributed by atoms with Crippen molar-refractivity contribution in [3.63, 3.8) is 0 Å². The maximum Gasteiger partial charge on any atom is 0.412 e. The molecule has 0 radical (unpaired) electrons. The van der Waals surface area contributed by atoms with E-state index in [1.54, 1.807) is 0 Å². The summed E-state index contributed by atoms with van der Waals surface area (Å²) in [4.78, 5) is 19.2. The smallest absolute Gasteiger partial charge is 0.412 e. The Morgan fingerprint density at radius 3 is 2.69 bits per heavy atom. The van der Waals surface area contributed by atoms with E-state index in [9.17, 15) is 13.6 Å². The Morgan fingerprint density at radius 2 is 2.00 bits per heavy atom. The molecule has 2 bridgehead atoms. The molecule has 1 aromatic heterocycles. The monoisotopic (exact) mass is 379 g/mol. The van der Waals surface area contributed by atoms with Gasteiger partial charge in [0.15, 0.2) is 5.82 Å². The average molecular weight is 379 g/mol. The highest BCUT2D eigenvalue weighted by molar-refractivity contribution is 7.13. The third kappa shape index (κ3) is 3.43. The molecule has 3 fully saturated rings. The Morgan fingerprint density at radius 1 is 1.27 bits per heavy atom. The van der Waals surface area contributed by atoms with Gasteiger partial charge in [0, 0.05) is 17.0 Å². The molecule has 1 aromatic carbocycles. The molecule has 0 aliphatic carbocycles. The number of nitrogens with one attached hydrogen (secondary N) is 1. The van der Waals surface area contributed by atoms with E-state index in [1.165, 1.54) is 29.0 Å². The van der Waals surface area contributed by atoms with Gasteiger partial charge in [-0.25, -0.2) is 18.6 Å². The van der Waals surface area contributed by atoms with Crippen molar-refractivity contribution in [3.05, 3.63) is 35.3 Å². The molecule has 3 aliphatic rings. The zero-order valence-electron chi connectivity index (χ0n) is 14.1. The first-order chi connectivity index (χ1) is 12.5. The number of amides is 1. The van der Waals surface area contributed by atoms with Crippen LogP contribution in [0.4, 0.5) is 19.4 Å². The maximum absolute atomic E-state index is 14.0. The molecule has 4 heterocycles. The summed E-state index contributed by atoms with van der Waals surface area (Å²) in [6.45, 7) is 3.57. The van der Waals surface area contributed by atoms with Gasteiger partial charge in [-0.1, -0.05) is 0 Å². The van der Waals surface area contributed by atoms with Gasteiger partial charge in [0.1, 0.15) is 11.6 Å². The first kappa shape index (κ1) is 17.4. The summed E-state index contributed by atoms with van der Waals surface area (Å²) >= 11 is 1.17. The van der Waals surface area contributed by atoms with Crippen molar-refractivity contribution in [1.82, 2.24) is 9.88 Å². The predicted molar refractivity (Wildman–Crippen MR) is 95.2 cm³/mol. The number of aromatic nitrogens is 1. The van der Waals surface area contributed by atoms with Crippen molar-refractivity contribution >= 4 is 23.2 Å². The number of halogens is 2. The quantitative estimate of drug-likeness (QED) is 0.868. The van der Waals surface area contributed by atoms with E-state index >= 15 is 0 Å². The molecule has 0 atom stereocenters. The number of piperidine rings is 3. The van der Waals surface area contributed by atoms with Crippen LogP contribution in [0, 0.1) is 17.0 Å². The van der Waals surface area contributed by atoms with Crippen molar-refractivity contribution < 1.29 is 18.3 Å². The lowest BCUT2D eigenvalue weighted by molar-refractivity contribution is -0.0190. The first-order valence-corrected chi connectivity index (χ1v) is 9.48. The first-order valence-electron chi connectivity index (χ1n) is 8.60. The molecule has 5 rings (SSSR count). The van der Waals surface area contributed by atoms with Gasteiger partial charge in [-0.15, -0.1) is 11.3 Å². The van der Waals surface area contributed by atoms with Crippen LogP contribution < -0.4 is 5.32 Å². The van der Waals surface area contributed by atoms with E-state index in [0.29, 0.717) is 11.5 Å². The molecule has 1 amide bonds. The Balaban J connectivity index is 1.41. The minimum atomic E-state index is -0.696. The molecule has 0 unspecified atom stereocenters. The van der Waals surface area contributed by atoms with Crippen molar-refractivity contribution in [1.29, 1.82) is 0 Å². The highest BCUT2D eigenvalue weighted by Gasteiger charge is 2.40. The summed E-state index contributed by atoms with van der Waals surface area (Å²) in [7, 11) is 0. The van der Waals surface area contributed by atoms with Crippen molar-refractivity contribution in [2.75, 3.05) is 31.6 Å². The molecule has 5 nitrogen and oxygen atoms in total. The number of carbonyl (C=O) groups is 1. The number of ether oxygens (including phenoxy) is 1. The minimum absolute atomic E-state index is 0.0834. The van der Waals surface area contributed by atoms with Gasteiger partial charge in [-0.3, -0.25) is 5.32 Å². The molecule has 1 N–H and O–H groups in total. The van der Waals surface area contributed by atoms with Crippen LogP contribution in [0.3, 0.4) is 0 Å². The normalized spacial score (nSPS) is 24.5. The molecule has 26 heavy (non-hydrogen) atoms. The van der Waals surface area contributed by atoms with E-state index in [0.717, 1.165) is 45.0 Å². The van der Waals surface area contributed by atoms with Crippen LogP contribution in [0.15, 0.2) is 23.7 Å². The summed E-state index contributed by atoms with van der Waals surface area (Å²) < 4.78 is 32.6. The molecule has 0 saturated carbocycles. The lowest BCUT2D eigenvalue weighted by Gasteiger charge is -2.47. The van der Waals surface area contributed by atoms with Crippen molar-refractivity contribution in [3.8, 4) is 10.4 Å². The number of hydrogen-bond acceptors (Lipinski definition) is 5. The summed E-state index contributed by atoms with van der Waals surface area (Å²) in [5.74, 6) is -1.12. The number of nitrogens with zero attached hydrogens (tertiary/aromatic N) is 2. The lowest BCUT2D eigenvalue weighted by atomic mass is 9.73. The zero-order chi connectivity index (χ0) is 18.1. The Labute approximate surface area is 154 Å². The number of fused-ring (bicyclic) bond motifs is 3. The van der Waals surface area contributed by atoms with E-state index in [1.807, 2.05) is 0 Å². The van der Waals surface area contributed by atoms with Crippen LogP contribution in [0.2, 0.25) is 0 Å². The number of carbonyl (C=O) groups excluding carboxylic acids is 1. The minimum Gasteiger partial charge on any atom is -0.449 e. The summed E-state index contributed by atoms with van der Waals surface area (Å²) in [6, 6.07) is 3.32. The number of benzene rings is 1. The zero-order valence-corrected chi connectivity index (χ0v) is 15.0. The molecular weight excluding hydrogens is 360 g/mol. The van der Waals surface area contributed by atoms with Crippen LogP contribution >= 0.6 is 11.3 Å². The highest BCUT2D eigenvalue weighted by atomic mass is 32.1. The average Bonchev–Trinajstić information content (AvgIpc) is 3.09. The van der Waals surface area contributed by atoms with Gasteiger partial charge >= 0.3 is 6.09 Å². The summed E-state index contributed by atoms with van der Waals surface area (Å²) in [5.41, 5.74) is 1.78. The number of anilines is 1. The van der Waals surface area contributed by atoms with Crippen LogP contribution in [0.1, 0.15) is 19.3 Å². The standard InChI is InChI=1S/C18H19F2N3O2S/c19-12-1-2-13(14(20)9-12)15-16(21-11-26-15)22-17(24)25-10-18-3-6-23(7-4-18)8-5-18/h1-2,9,11H,3-8,10H2,(H,22,24). The lowest BCUT2D eigenvalue weighted by Crippen LogP contribution is -2.50. The third-order valence-corrected chi connectivity index (χ3v) is 6.21. The Kier molecular flexibility index (Phi) is 4.62. The van der Waals surface area contributed by atoms with Crippen LogP contribution in [0.5, 0.6) is 0 Å². The molecular formula is C18H19F2N3O2S. The Hall–Kier alpha value is -2.06. The summed E-state index contributed by atoms with van der Waals surface area (Å²) in [6.07, 6.45) is 2.54. The molecule has 8 heteroatoms. The van der Waals surface area contributed by atoms with Gasteiger partial charge < -0.3 is 9.64 Å². The number of hydrogen-bond donors (Lipinski definition) is 1. The second-order valence-electron chi connectivity index (χ2n) is 6.95.